The fourth-order valence-electron chi connectivity index (χ4n) is 1.87. The van der Waals surface area contributed by atoms with E-state index in [1.807, 2.05) is 18.2 Å². The van der Waals surface area contributed by atoms with E-state index in [0.29, 0.717) is 0 Å². The molecule has 0 aliphatic heterocycles. The van der Waals surface area contributed by atoms with E-state index in [1.54, 1.807) is 0 Å². The van der Waals surface area contributed by atoms with Gasteiger partial charge < -0.3 is 9.88 Å². The predicted octanol–water partition coefficient (Wildman–Crippen LogP) is 3.53. The summed E-state index contributed by atoms with van der Waals surface area (Å²) in [5.41, 5.74) is 2.41. The molecule has 1 aromatic carbocycles. The summed E-state index contributed by atoms with van der Waals surface area (Å²) in [6, 6.07) is 12.4. The molecular weight excluding hydrogens is 232 g/mol. The van der Waals surface area contributed by atoms with Crippen LogP contribution in [0.2, 0.25) is 5.02 Å². The summed E-state index contributed by atoms with van der Waals surface area (Å²) >= 11 is 6.17. The first-order valence-electron chi connectivity index (χ1n) is 5.76. The number of aryl methyl sites for hydroxylation is 1. The minimum absolute atomic E-state index is 0.249. The summed E-state index contributed by atoms with van der Waals surface area (Å²) in [5.74, 6) is 0. The van der Waals surface area contributed by atoms with Gasteiger partial charge in [-0.25, -0.2) is 0 Å². The average Bonchev–Trinajstić information content (AvgIpc) is 2.72. The Kier molecular flexibility index (Phi) is 3.87. The molecule has 1 N–H and O–H groups in total. The number of hydrogen-bond donors (Lipinski definition) is 1. The Balaban J connectivity index is 2.01. The van der Waals surface area contributed by atoms with Crippen molar-refractivity contribution in [1.82, 2.24) is 9.88 Å². The second-order valence-corrected chi connectivity index (χ2v) is 4.64. The molecule has 1 atom stereocenters. The number of nitrogens with zero attached hydrogens (tertiary/aromatic N) is 1. The fourth-order valence-corrected chi connectivity index (χ4v) is 2.17. The van der Waals surface area contributed by atoms with Gasteiger partial charge in [0, 0.05) is 36.5 Å². The molecule has 0 radical (unpaired) electrons. The van der Waals surface area contributed by atoms with Crippen molar-refractivity contribution in [3.8, 4) is 0 Å². The molecule has 1 unspecified atom stereocenters. The molecule has 90 valence electrons. The van der Waals surface area contributed by atoms with Crippen molar-refractivity contribution in [2.45, 2.75) is 19.5 Å². The van der Waals surface area contributed by atoms with Crippen LogP contribution in [-0.2, 0) is 13.6 Å². The zero-order valence-corrected chi connectivity index (χ0v) is 10.9. The van der Waals surface area contributed by atoms with Crippen LogP contribution in [0.5, 0.6) is 0 Å². The van der Waals surface area contributed by atoms with Crippen LogP contribution in [0.3, 0.4) is 0 Å². The predicted molar refractivity (Wildman–Crippen MR) is 72.1 cm³/mol. The molecule has 0 aliphatic carbocycles. The highest BCUT2D eigenvalue weighted by Crippen LogP contribution is 2.22. The molecule has 3 heteroatoms. The zero-order valence-electron chi connectivity index (χ0n) is 10.2. The summed E-state index contributed by atoms with van der Waals surface area (Å²) in [7, 11) is 2.05. The van der Waals surface area contributed by atoms with Crippen molar-refractivity contribution < 1.29 is 0 Å². The highest BCUT2D eigenvalue weighted by molar-refractivity contribution is 6.31. The topological polar surface area (TPSA) is 17.0 Å². The number of rotatable bonds is 4. The summed E-state index contributed by atoms with van der Waals surface area (Å²) in [5, 5.41) is 4.30. The third kappa shape index (κ3) is 2.90. The lowest BCUT2D eigenvalue weighted by atomic mass is 10.1. The first-order valence-corrected chi connectivity index (χ1v) is 6.14. The standard InChI is InChI=1S/C14H17ClN2/c1-11(13-7-3-4-8-14(13)15)16-10-12-6-5-9-17(12)2/h3-9,11,16H,10H2,1-2H3. The monoisotopic (exact) mass is 248 g/mol. The Bertz CT molecular complexity index is 490. The van der Waals surface area contributed by atoms with E-state index in [1.165, 1.54) is 5.69 Å². The van der Waals surface area contributed by atoms with Gasteiger partial charge >= 0.3 is 0 Å². The second kappa shape index (κ2) is 5.39. The highest BCUT2D eigenvalue weighted by Gasteiger charge is 2.08. The quantitative estimate of drug-likeness (QED) is 0.876. The van der Waals surface area contributed by atoms with Gasteiger partial charge in [-0.05, 0) is 30.7 Å². The van der Waals surface area contributed by atoms with Crippen molar-refractivity contribution in [3.05, 3.63) is 58.9 Å². The van der Waals surface area contributed by atoms with Crippen LogP contribution < -0.4 is 5.32 Å². The Hall–Kier alpha value is -1.25. The van der Waals surface area contributed by atoms with E-state index < -0.39 is 0 Å². The average molecular weight is 249 g/mol. The molecule has 0 saturated heterocycles. The molecule has 17 heavy (non-hydrogen) atoms. The van der Waals surface area contributed by atoms with E-state index in [4.69, 9.17) is 11.6 Å². The summed E-state index contributed by atoms with van der Waals surface area (Å²) in [4.78, 5) is 0. The molecule has 1 aromatic heterocycles. The highest BCUT2D eigenvalue weighted by atomic mass is 35.5. The number of halogens is 1. The Morgan fingerprint density at radius 3 is 2.65 bits per heavy atom. The lowest BCUT2D eigenvalue weighted by molar-refractivity contribution is 0.558. The van der Waals surface area contributed by atoms with Gasteiger partial charge in [0.1, 0.15) is 0 Å². The first-order chi connectivity index (χ1) is 8.18. The van der Waals surface area contributed by atoms with Gasteiger partial charge in [0.15, 0.2) is 0 Å². The second-order valence-electron chi connectivity index (χ2n) is 4.23. The maximum atomic E-state index is 6.17. The molecule has 0 bridgehead atoms. The van der Waals surface area contributed by atoms with Crippen LogP contribution in [0, 0.1) is 0 Å². The van der Waals surface area contributed by atoms with Gasteiger partial charge in [-0.3, -0.25) is 0 Å². The van der Waals surface area contributed by atoms with E-state index in [0.717, 1.165) is 17.1 Å². The number of aromatic nitrogens is 1. The van der Waals surface area contributed by atoms with Crippen LogP contribution in [0.25, 0.3) is 0 Å². The number of nitrogens with one attached hydrogen (secondary N) is 1. The van der Waals surface area contributed by atoms with Gasteiger partial charge in [-0.15, -0.1) is 0 Å². The van der Waals surface area contributed by atoms with Gasteiger partial charge in [0.2, 0.25) is 0 Å². The fraction of sp³-hybridized carbons (Fsp3) is 0.286. The van der Waals surface area contributed by atoms with Crippen LogP contribution in [0.4, 0.5) is 0 Å². The summed E-state index contributed by atoms with van der Waals surface area (Å²) in [6.07, 6.45) is 2.05. The van der Waals surface area contributed by atoms with Gasteiger partial charge in [-0.2, -0.15) is 0 Å². The molecule has 2 nitrogen and oxygen atoms in total. The first kappa shape index (κ1) is 12.2. The van der Waals surface area contributed by atoms with Crippen molar-refractivity contribution in [2.24, 2.45) is 7.05 Å². The smallest absolute Gasteiger partial charge is 0.0453 e. The normalized spacial score (nSPS) is 12.6. The van der Waals surface area contributed by atoms with Crippen molar-refractivity contribution >= 4 is 11.6 Å². The Morgan fingerprint density at radius 2 is 2.00 bits per heavy atom. The Morgan fingerprint density at radius 1 is 1.24 bits per heavy atom. The van der Waals surface area contributed by atoms with Gasteiger partial charge in [0.25, 0.3) is 0 Å². The molecule has 0 aliphatic rings. The van der Waals surface area contributed by atoms with Crippen molar-refractivity contribution in [2.75, 3.05) is 0 Å². The molecule has 2 rings (SSSR count). The summed E-state index contributed by atoms with van der Waals surface area (Å²) in [6.45, 7) is 2.97. The van der Waals surface area contributed by atoms with E-state index >= 15 is 0 Å². The van der Waals surface area contributed by atoms with Crippen LogP contribution >= 0.6 is 11.6 Å². The lowest BCUT2D eigenvalue weighted by Crippen LogP contribution is -2.19. The van der Waals surface area contributed by atoms with Crippen LogP contribution in [-0.4, -0.2) is 4.57 Å². The molecule has 0 amide bonds. The van der Waals surface area contributed by atoms with Crippen molar-refractivity contribution in [3.63, 3.8) is 0 Å². The van der Waals surface area contributed by atoms with E-state index in [-0.39, 0.29) is 6.04 Å². The number of hydrogen-bond acceptors (Lipinski definition) is 1. The minimum atomic E-state index is 0.249. The lowest BCUT2D eigenvalue weighted by Gasteiger charge is -2.16. The van der Waals surface area contributed by atoms with E-state index in [2.05, 4.69) is 48.3 Å². The summed E-state index contributed by atoms with van der Waals surface area (Å²) < 4.78 is 2.12. The molecule has 0 fully saturated rings. The molecule has 2 aromatic rings. The Labute approximate surface area is 107 Å². The molecule has 0 spiro atoms. The van der Waals surface area contributed by atoms with Gasteiger partial charge in [-0.1, -0.05) is 29.8 Å². The zero-order chi connectivity index (χ0) is 12.3. The van der Waals surface area contributed by atoms with Gasteiger partial charge in [0.05, 0.1) is 0 Å². The van der Waals surface area contributed by atoms with Crippen molar-refractivity contribution in [1.29, 1.82) is 0 Å². The third-order valence-corrected chi connectivity index (χ3v) is 3.36. The van der Waals surface area contributed by atoms with Crippen LogP contribution in [0.15, 0.2) is 42.6 Å². The SMILES string of the molecule is CC(NCc1cccn1C)c1ccccc1Cl. The maximum Gasteiger partial charge on any atom is 0.0453 e. The largest absolute Gasteiger partial charge is 0.353 e. The molecule has 1 heterocycles. The van der Waals surface area contributed by atoms with E-state index in [9.17, 15) is 0 Å². The third-order valence-electron chi connectivity index (χ3n) is 3.01. The molecule has 0 saturated carbocycles. The van der Waals surface area contributed by atoms with Crippen LogP contribution in [0.1, 0.15) is 24.2 Å². The maximum absolute atomic E-state index is 6.17. The molecular formula is C14H17ClN2. The minimum Gasteiger partial charge on any atom is -0.353 e. The number of benzene rings is 1.